The summed E-state index contributed by atoms with van der Waals surface area (Å²) in [5, 5.41) is 2.65. The Bertz CT molecular complexity index is 799. The maximum Gasteiger partial charge on any atom is 0.233 e. The molecule has 0 radical (unpaired) electrons. The van der Waals surface area contributed by atoms with Crippen molar-refractivity contribution in [3.05, 3.63) is 59.7 Å². The summed E-state index contributed by atoms with van der Waals surface area (Å²) in [4.78, 5) is 16.2. The van der Waals surface area contributed by atoms with Crippen molar-refractivity contribution in [2.75, 3.05) is 5.32 Å². The van der Waals surface area contributed by atoms with Gasteiger partial charge in [0.25, 0.3) is 0 Å². The van der Waals surface area contributed by atoms with Crippen molar-refractivity contribution in [1.82, 2.24) is 4.98 Å². The van der Waals surface area contributed by atoms with Crippen LogP contribution in [0, 0.1) is 5.82 Å². The first-order chi connectivity index (χ1) is 10.7. The molecule has 4 nitrogen and oxygen atoms in total. The number of aryl methyl sites for hydroxylation is 1. The Morgan fingerprint density at radius 2 is 2.14 bits per heavy atom. The van der Waals surface area contributed by atoms with E-state index < -0.39 is 0 Å². The third-order valence-corrected chi connectivity index (χ3v) is 3.37. The van der Waals surface area contributed by atoms with Gasteiger partial charge in [-0.05, 0) is 36.2 Å². The van der Waals surface area contributed by atoms with Gasteiger partial charge in [-0.1, -0.05) is 25.1 Å². The molecule has 0 atom stereocenters. The number of anilines is 1. The van der Waals surface area contributed by atoms with Crippen LogP contribution in [0.4, 0.5) is 10.1 Å². The predicted molar refractivity (Wildman–Crippen MR) is 84.2 cm³/mol. The number of carbonyl (C=O) groups excluding carboxylic acids is 1. The molecule has 1 N–H and O–H groups in total. The van der Waals surface area contributed by atoms with Crippen LogP contribution in [-0.2, 0) is 17.6 Å². The number of hydrogen-bond acceptors (Lipinski definition) is 3. The van der Waals surface area contributed by atoms with Gasteiger partial charge in [-0.3, -0.25) is 4.79 Å². The van der Waals surface area contributed by atoms with Crippen LogP contribution in [-0.4, -0.2) is 10.9 Å². The summed E-state index contributed by atoms with van der Waals surface area (Å²) >= 11 is 0. The second-order valence-electron chi connectivity index (χ2n) is 4.96. The zero-order valence-electron chi connectivity index (χ0n) is 12.1. The number of rotatable bonds is 4. The van der Waals surface area contributed by atoms with Gasteiger partial charge in [-0.15, -0.1) is 0 Å². The smallest absolute Gasteiger partial charge is 0.233 e. The standard InChI is InChI=1S/C17H15FN2O2.H2/c1-2-11-7-8-12(9-13(11)18)19-16(21)10-17-20-14-5-3-4-6-15(14)22-17;/h3-9H,2,10H2,1H3,(H,19,21);1H. The molecule has 0 saturated carbocycles. The van der Waals surface area contributed by atoms with Crippen LogP contribution in [0.3, 0.4) is 0 Å². The lowest BCUT2D eigenvalue weighted by atomic mass is 10.1. The molecular formula is C17H17FN2O2. The number of benzene rings is 2. The lowest BCUT2D eigenvalue weighted by Gasteiger charge is -2.06. The highest BCUT2D eigenvalue weighted by atomic mass is 19.1. The van der Waals surface area contributed by atoms with Gasteiger partial charge in [-0.2, -0.15) is 0 Å². The molecule has 0 unspecified atom stereocenters. The first-order valence-corrected chi connectivity index (χ1v) is 7.08. The molecule has 1 heterocycles. The van der Waals surface area contributed by atoms with Gasteiger partial charge in [0.05, 0.1) is 0 Å². The Kier molecular flexibility index (Phi) is 3.87. The van der Waals surface area contributed by atoms with Crippen LogP contribution in [0.25, 0.3) is 11.1 Å². The van der Waals surface area contributed by atoms with Gasteiger partial charge in [-0.25, -0.2) is 9.37 Å². The number of nitrogens with one attached hydrogen (secondary N) is 1. The molecule has 2 aromatic carbocycles. The van der Waals surface area contributed by atoms with Crippen LogP contribution in [0.15, 0.2) is 46.9 Å². The highest BCUT2D eigenvalue weighted by molar-refractivity contribution is 5.92. The summed E-state index contributed by atoms with van der Waals surface area (Å²) < 4.78 is 19.2. The fourth-order valence-electron chi connectivity index (χ4n) is 2.25. The highest BCUT2D eigenvalue weighted by Crippen LogP contribution is 2.17. The van der Waals surface area contributed by atoms with Gasteiger partial charge in [0, 0.05) is 7.11 Å². The molecule has 0 saturated heterocycles. The van der Waals surface area contributed by atoms with E-state index in [2.05, 4.69) is 10.3 Å². The lowest BCUT2D eigenvalue weighted by molar-refractivity contribution is -0.115. The van der Waals surface area contributed by atoms with Crippen molar-refractivity contribution >= 4 is 22.7 Å². The summed E-state index contributed by atoms with van der Waals surface area (Å²) in [7, 11) is 0. The molecule has 1 aromatic heterocycles. The Balaban J connectivity index is 0.00000192. The third-order valence-electron chi connectivity index (χ3n) is 3.37. The Labute approximate surface area is 128 Å². The van der Waals surface area contributed by atoms with Gasteiger partial charge in [0.1, 0.15) is 17.8 Å². The van der Waals surface area contributed by atoms with Crippen molar-refractivity contribution in [2.45, 2.75) is 19.8 Å². The summed E-state index contributed by atoms with van der Waals surface area (Å²) in [5.41, 5.74) is 2.40. The largest absolute Gasteiger partial charge is 0.440 e. The van der Waals surface area contributed by atoms with E-state index in [0.717, 1.165) is 0 Å². The molecule has 0 spiro atoms. The number of oxazole rings is 1. The minimum atomic E-state index is -0.317. The second kappa shape index (κ2) is 5.97. The number of amides is 1. The number of aromatic nitrogens is 1. The first-order valence-electron chi connectivity index (χ1n) is 7.08. The molecule has 1 amide bonds. The summed E-state index contributed by atoms with van der Waals surface area (Å²) in [6.07, 6.45) is 0.620. The molecular weight excluding hydrogens is 283 g/mol. The fraction of sp³-hybridized carbons (Fsp3) is 0.176. The highest BCUT2D eigenvalue weighted by Gasteiger charge is 2.11. The summed E-state index contributed by atoms with van der Waals surface area (Å²) in [6, 6.07) is 12.0. The van der Waals surface area contributed by atoms with E-state index in [-0.39, 0.29) is 19.6 Å². The Morgan fingerprint density at radius 1 is 1.32 bits per heavy atom. The molecule has 0 aliphatic carbocycles. The van der Waals surface area contributed by atoms with E-state index in [4.69, 9.17) is 4.42 Å². The summed E-state index contributed by atoms with van der Waals surface area (Å²) in [5.74, 6) is -0.276. The maximum absolute atomic E-state index is 13.7. The molecule has 0 bridgehead atoms. The van der Waals surface area contributed by atoms with E-state index in [9.17, 15) is 9.18 Å². The SMILES string of the molecule is CCc1ccc(NC(=O)Cc2nc3ccccc3o2)cc1F.[HH]. The van der Waals surface area contributed by atoms with Crippen LogP contribution < -0.4 is 5.32 Å². The molecule has 3 rings (SSSR count). The van der Waals surface area contributed by atoms with Crippen LogP contribution in [0.2, 0.25) is 0 Å². The molecule has 0 aliphatic rings. The topological polar surface area (TPSA) is 55.1 Å². The minimum absolute atomic E-state index is 0. The average molecular weight is 300 g/mol. The van der Waals surface area contributed by atoms with Crippen molar-refractivity contribution in [3.8, 4) is 0 Å². The van der Waals surface area contributed by atoms with E-state index in [1.54, 1.807) is 18.2 Å². The number of halogens is 1. The maximum atomic E-state index is 13.7. The molecule has 114 valence electrons. The van der Waals surface area contributed by atoms with Gasteiger partial charge in [0.2, 0.25) is 11.8 Å². The lowest BCUT2D eigenvalue weighted by Crippen LogP contribution is -2.14. The van der Waals surface area contributed by atoms with E-state index in [0.29, 0.717) is 34.7 Å². The zero-order chi connectivity index (χ0) is 15.5. The molecule has 0 aliphatic heterocycles. The number of fused-ring (bicyclic) bond motifs is 1. The average Bonchev–Trinajstić information content (AvgIpc) is 2.89. The van der Waals surface area contributed by atoms with Crippen molar-refractivity contribution < 1.29 is 15.0 Å². The van der Waals surface area contributed by atoms with Crippen molar-refractivity contribution in [3.63, 3.8) is 0 Å². The zero-order valence-corrected chi connectivity index (χ0v) is 12.1. The quantitative estimate of drug-likeness (QED) is 0.793. The van der Waals surface area contributed by atoms with Crippen LogP contribution in [0.5, 0.6) is 0 Å². The molecule has 22 heavy (non-hydrogen) atoms. The van der Waals surface area contributed by atoms with Crippen LogP contribution in [0.1, 0.15) is 19.8 Å². The Morgan fingerprint density at radius 3 is 2.86 bits per heavy atom. The monoisotopic (exact) mass is 300 g/mol. The minimum Gasteiger partial charge on any atom is -0.440 e. The van der Waals surface area contributed by atoms with Crippen LogP contribution >= 0.6 is 0 Å². The molecule has 5 heteroatoms. The molecule has 3 aromatic rings. The summed E-state index contributed by atoms with van der Waals surface area (Å²) in [6.45, 7) is 1.88. The Hall–Kier alpha value is -2.69. The number of para-hydroxylation sites is 2. The fourth-order valence-corrected chi connectivity index (χ4v) is 2.25. The van der Waals surface area contributed by atoms with Gasteiger partial charge >= 0.3 is 0 Å². The van der Waals surface area contributed by atoms with E-state index in [1.807, 2.05) is 25.1 Å². The number of carbonyl (C=O) groups is 1. The normalized spacial score (nSPS) is 10.8. The number of nitrogens with zero attached hydrogens (tertiary/aromatic N) is 1. The van der Waals surface area contributed by atoms with Gasteiger partial charge in [0.15, 0.2) is 5.58 Å². The third kappa shape index (κ3) is 2.98. The molecule has 0 fully saturated rings. The number of hydrogen-bond donors (Lipinski definition) is 1. The van der Waals surface area contributed by atoms with E-state index in [1.165, 1.54) is 6.07 Å². The first kappa shape index (κ1) is 14.3. The van der Waals surface area contributed by atoms with Gasteiger partial charge < -0.3 is 9.73 Å². The van der Waals surface area contributed by atoms with Crippen molar-refractivity contribution in [2.24, 2.45) is 0 Å². The second-order valence-corrected chi connectivity index (χ2v) is 4.96. The van der Waals surface area contributed by atoms with Crippen molar-refractivity contribution in [1.29, 1.82) is 0 Å². The van der Waals surface area contributed by atoms with E-state index >= 15 is 0 Å². The predicted octanol–water partition coefficient (Wildman–Crippen LogP) is 3.96.